The quantitative estimate of drug-likeness (QED) is 0.785. The van der Waals surface area contributed by atoms with Gasteiger partial charge >= 0.3 is 0 Å². The zero-order chi connectivity index (χ0) is 15.4. The molecule has 0 atom stereocenters. The Kier molecular flexibility index (Phi) is 7.37. The highest BCUT2D eigenvalue weighted by Gasteiger charge is 2.20. The van der Waals surface area contributed by atoms with E-state index >= 15 is 0 Å². The van der Waals surface area contributed by atoms with Crippen LogP contribution in [0.3, 0.4) is 0 Å². The Balaban J connectivity index is 0.00000242. The highest BCUT2D eigenvalue weighted by molar-refractivity contribution is 5.93. The largest absolute Gasteiger partial charge is 0.325 e. The highest BCUT2D eigenvalue weighted by Crippen LogP contribution is 2.29. The van der Waals surface area contributed by atoms with Crippen LogP contribution < -0.4 is 10.6 Å². The number of rotatable bonds is 7. The molecular formula is C18H29ClN2O. The molecule has 0 aliphatic heterocycles. The van der Waals surface area contributed by atoms with Crippen molar-refractivity contribution in [1.29, 1.82) is 0 Å². The summed E-state index contributed by atoms with van der Waals surface area (Å²) in [6, 6.07) is 6.38. The topological polar surface area (TPSA) is 41.1 Å². The number of nitrogens with one attached hydrogen (secondary N) is 2. The Morgan fingerprint density at radius 2 is 1.86 bits per heavy atom. The number of hydrogen-bond donors (Lipinski definition) is 2. The first-order chi connectivity index (χ1) is 9.97. The van der Waals surface area contributed by atoms with Gasteiger partial charge in [-0.25, -0.2) is 0 Å². The molecule has 0 saturated heterocycles. The molecule has 3 nitrogen and oxygen atoms in total. The normalized spacial score (nSPS) is 14.1. The lowest BCUT2D eigenvalue weighted by atomic mass is 9.94. The second kappa shape index (κ2) is 8.54. The molecule has 0 bridgehead atoms. The molecule has 1 aromatic rings. The van der Waals surface area contributed by atoms with E-state index < -0.39 is 0 Å². The standard InChI is InChI=1S/C18H28N2O.ClH/c1-12(2)15-7-8-17(16(9-15)13(3)4)20-18(21)11-19-10-14-5-6-14;/h7-9,12-14,19H,5-6,10-11H2,1-4H3,(H,20,21);1H. The number of carbonyl (C=O) groups is 1. The van der Waals surface area contributed by atoms with Crippen molar-refractivity contribution in [3.63, 3.8) is 0 Å². The van der Waals surface area contributed by atoms with Gasteiger partial charge in [-0.2, -0.15) is 0 Å². The lowest BCUT2D eigenvalue weighted by Gasteiger charge is -2.17. The number of carbonyl (C=O) groups excluding carboxylic acids is 1. The second-order valence-electron chi connectivity index (χ2n) is 6.78. The molecule has 1 aromatic carbocycles. The maximum atomic E-state index is 12.0. The lowest BCUT2D eigenvalue weighted by molar-refractivity contribution is -0.115. The van der Waals surface area contributed by atoms with Crippen molar-refractivity contribution in [2.45, 2.75) is 52.4 Å². The summed E-state index contributed by atoms with van der Waals surface area (Å²) in [6.07, 6.45) is 2.62. The summed E-state index contributed by atoms with van der Waals surface area (Å²) in [7, 11) is 0. The predicted molar refractivity (Wildman–Crippen MR) is 96.1 cm³/mol. The van der Waals surface area contributed by atoms with Gasteiger partial charge in [0, 0.05) is 5.69 Å². The van der Waals surface area contributed by atoms with Gasteiger partial charge < -0.3 is 10.6 Å². The Hall–Kier alpha value is -1.06. The smallest absolute Gasteiger partial charge is 0.238 e. The average molecular weight is 325 g/mol. The number of halogens is 1. The minimum Gasteiger partial charge on any atom is -0.325 e. The molecule has 0 aromatic heterocycles. The zero-order valence-corrected chi connectivity index (χ0v) is 14.9. The summed E-state index contributed by atoms with van der Waals surface area (Å²) in [4.78, 5) is 12.0. The molecule has 0 spiro atoms. The third-order valence-electron chi connectivity index (χ3n) is 4.05. The van der Waals surface area contributed by atoms with Crippen LogP contribution in [0.5, 0.6) is 0 Å². The summed E-state index contributed by atoms with van der Waals surface area (Å²) in [6.45, 7) is 10.1. The maximum Gasteiger partial charge on any atom is 0.238 e. The molecule has 124 valence electrons. The molecule has 1 aliphatic carbocycles. The van der Waals surface area contributed by atoms with Gasteiger partial charge in [0.15, 0.2) is 0 Å². The summed E-state index contributed by atoms with van der Waals surface area (Å²) in [5, 5.41) is 6.28. The fourth-order valence-electron chi connectivity index (χ4n) is 2.44. The molecule has 2 N–H and O–H groups in total. The van der Waals surface area contributed by atoms with Crippen molar-refractivity contribution < 1.29 is 4.79 Å². The van der Waals surface area contributed by atoms with Crippen molar-refractivity contribution in [1.82, 2.24) is 5.32 Å². The molecule has 1 saturated carbocycles. The maximum absolute atomic E-state index is 12.0. The molecule has 1 amide bonds. The van der Waals surface area contributed by atoms with Gasteiger partial charge in [-0.3, -0.25) is 4.79 Å². The number of anilines is 1. The van der Waals surface area contributed by atoms with Crippen molar-refractivity contribution in [2.75, 3.05) is 18.4 Å². The van der Waals surface area contributed by atoms with Crippen LogP contribution in [0.15, 0.2) is 18.2 Å². The molecule has 1 aliphatic rings. The predicted octanol–water partition coefficient (Wildman–Crippen LogP) is 4.29. The highest BCUT2D eigenvalue weighted by atomic mass is 35.5. The van der Waals surface area contributed by atoms with Gasteiger partial charge in [-0.05, 0) is 54.3 Å². The summed E-state index contributed by atoms with van der Waals surface area (Å²) in [5.74, 6) is 1.76. The summed E-state index contributed by atoms with van der Waals surface area (Å²) in [5.41, 5.74) is 3.49. The molecule has 0 heterocycles. The van der Waals surface area contributed by atoms with Crippen molar-refractivity contribution >= 4 is 24.0 Å². The number of benzene rings is 1. The minimum atomic E-state index is 0. The number of hydrogen-bond acceptors (Lipinski definition) is 2. The molecule has 1 fully saturated rings. The Bertz CT molecular complexity index is 496. The average Bonchev–Trinajstić information content (AvgIpc) is 3.22. The minimum absolute atomic E-state index is 0. The Morgan fingerprint density at radius 3 is 2.41 bits per heavy atom. The van der Waals surface area contributed by atoms with E-state index in [1.54, 1.807) is 0 Å². The van der Waals surface area contributed by atoms with Crippen LogP contribution in [0.25, 0.3) is 0 Å². The lowest BCUT2D eigenvalue weighted by Crippen LogP contribution is -2.29. The van der Waals surface area contributed by atoms with Gasteiger partial charge in [0.25, 0.3) is 0 Å². The molecule has 22 heavy (non-hydrogen) atoms. The van der Waals surface area contributed by atoms with E-state index in [0.717, 1.165) is 18.2 Å². The van der Waals surface area contributed by atoms with E-state index in [-0.39, 0.29) is 18.3 Å². The fourth-order valence-corrected chi connectivity index (χ4v) is 2.44. The molecule has 0 radical (unpaired) electrons. The fraction of sp³-hybridized carbons (Fsp3) is 0.611. The van der Waals surface area contributed by atoms with Crippen molar-refractivity contribution in [3.8, 4) is 0 Å². The first-order valence-electron chi connectivity index (χ1n) is 8.11. The van der Waals surface area contributed by atoms with Gasteiger partial charge in [0.05, 0.1) is 6.54 Å². The Morgan fingerprint density at radius 1 is 1.18 bits per heavy atom. The van der Waals surface area contributed by atoms with E-state index in [2.05, 4.69) is 50.5 Å². The Labute approximate surface area is 140 Å². The second-order valence-corrected chi connectivity index (χ2v) is 6.78. The van der Waals surface area contributed by atoms with Crippen LogP contribution >= 0.6 is 12.4 Å². The monoisotopic (exact) mass is 324 g/mol. The van der Waals surface area contributed by atoms with E-state index in [1.165, 1.54) is 24.0 Å². The summed E-state index contributed by atoms with van der Waals surface area (Å²) < 4.78 is 0. The molecule has 0 unspecified atom stereocenters. The number of amides is 1. The van der Waals surface area contributed by atoms with Crippen molar-refractivity contribution in [3.05, 3.63) is 29.3 Å². The SMILES string of the molecule is CC(C)c1ccc(NC(=O)CNCC2CC2)c(C(C)C)c1.Cl. The van der Waals surface area contributed by atoms with E-state index in [1.807, 2.05) is 6.07 Å². The zero-order valence-electron chi connectivity index (χ0n) is 14.1. The third kappa shape index (κ3) is 5.62. The first-order valence-corrected chi connectivity index (χ1v) is 8.11. The van der Waals surface area contributed by atoms with Crippen LogP contribution in [-0.4, -0.2) is 19.0 Å². The first kappa shape index (κ1) is 19.0. The van der Waals surface area contributed by atoms with Crippen LogP contribution in [-0.2, 0) is 4.79 Å². The third-order valence-corrected chi connectivity index (χ3v) is 4.05. The van der Waals surface area contributed by atoms with Crippen molar-refractivity contribution in [2.24, 2.45) is 5.92 Å². The van der Waals surface area contributed by atoms with E-state index in [4.69, 9.17) is 0 Å². The van der Waals surface area contributed by atoms with Gasteiger partial charge in [-0.15, -0.1) is 12.4 Å². The van der Waals surface area contributed by atoms with Gasteiger partial charge in [-0.1, -0.05) is 39.8 Å². The van der Waals surface area contributed by atoms with Gasteiger partial charge in [0.2, 0.25) is 5.91 Å². The van der Waals surface area contributed by atoms with E-state index in [9.17, 15) is 4.79 Å². The van der Waals surface area contributed by atoms with E-state index in [0.29, 0.717) is 18.4 Å². The van der Waals surface area contributed by atoms with Crippen LogP contribution in [0.4, 0.5) is 5.69 Å². The summed E-state index contributed by atoms with van der Waals surface area (Å²) >= 11 is 0. The van der Waals surface area contributed by atoms with Crippen LogP contribution in [0.2, 0.25) is 0 Å². The van der Waals surface area contributed by atoms with Gasteiger partial charge in [0.1, 0.15) is 0 Å². The van der Waals surface area contributed by atoms with Crippen LogP contribution in [0.1, 0.15) is 63.5 Å². The molecule has 2 rings (SSSR count). The molecular weight excluding hydrogens is 296 g/mol. The molecule has 4 heteroatoms. The van der Waals surface area contributed by atoms with Crippen LogP contribution in [0, 0.1) is 5.92 Å².